The minimum Gasteiger partial charge on any atom is -0.491 e. The van der Waals surface area contributed by atoms with Crippen molar-refractivity contribution in [2.75, 3.05) is 13.2 Å². The minimum atomic E-state index is -0.829. The van der Waals surface area contributed by atoms with Gasteiger partial charge in [0.15, 0.2) is 0 Å². The van der Waals surface area contributed by atoms with Gasteiger partial charge in [0, 0.05) is 35.4 Å². The van der Waals surface area contributed by atoms with Gasteiger partial charge in [-0.05, 0) is 41.5 Å². The molecule has 0 saturated carbocycles. The number of fused-ring (bicyclic) bond motifs is 2. The summed E-state index contributed by atoms with van der Waals surface area (Å²) in [7, 11) is 0. The predicted octanol–water partition coefficient (Wildman–Crippen LogP) is 3.61. The Labute approximate surface area is 180 Å². The third-order valence-corrected chi connectivity index (χ3v) is 5.72. The SMILES string of the molecule is O=C(Cc1c[nH]c2ccccc12)N1CCOc2ccc(C(O)c3ccccn3)cc2C1. The molecule has 0 aliphatic carbocycles. The van der Waals surface area contributed by atoms with Crippen molar-refractivity contribution in [1.29, 1.82) is 0 Å². The van der Waals surface area contributed by atoms with Crippen LogP contribution in [0.5, 0.6) is 5.75 Å². The summed E-state index contributed by atoms with van der Waals surface area (Å²) in [5.41, 5.74) is 4.22. The van der Waals surface area contributed by atoms with Gasteiger partial charge in [-0.15, -0.1) is 0 Å². The molecule has 6 heteroatoms. The summed E-state index contributed by atoms with van der Waals surface area (Å²) in [6, 6.07) is 19.1. The Morgan fingerprint density at radius 2 is 2.03 bits per heavy atom. The second-order valence-corrected chi connectivity index (χ2v) is 7.72. The summed E-state index contributed by atoms with van der Waals surface area (Å²) in [5.74, 6) is 0.802. The molecule has 4 aromatic rings. The number of benzene rings is 2. The fraction of sp³-hybridized carbons (Fsp3) is 0.200. The van der Waals surface area contributed by atoms with E-state index < -0.39 is 6.10 Å². The molecule has 1 unspecified atom stereocenters. The van der Waals surface area contributed by atoms with Crippen molar-refractivity contribution in [3.8, 4) is 5.75 Å². The lowest BCUT2D eigenvalue weighted by Gasteiger charge is -2.20. The molecular formula is C25H23N3O3. The van der Waals surface area contributed by atoms with Crippen molar-refractivity contribution in [3.05, 3.63) is 95.4 Å². The number of carbonyl (C=O) groups is 1. The average Bonchev–Trinajstić information content (AvgIpc) is 3.08. The Bertz CT molecular complexity index is 1220. The fourth-order valence-corrected chi connectivity index (χ4v) is 4.06. The smallest absolute Gasteiger partial charge is 0.227 e. The highest BCUT2D eigenvalue weighted by molar-refractivity contribution is 5.89. The first-order chi connectivity index (χ1) is 15.2. The number of H-pyrrole nitrogens is 1. The molecule has 1 amide bonds. The van der Waals surface area contributed by atoms with Crippen molar-refractivity contribution < 1.29 is 14.6 Å². The number of aromatic nitrogens is 2. The molecule has 0 bridgehead atoms. The summed E-state index contributed by atoms with van der Waals surface area (Å²) >= 11 is 0. The summed E-state index contributed by atoms with van der Waals surface area (Å²) in [6.45, 7) is 1.40. The van der Waals surface area contributed by atoms with Crippen LogP contribution in [0.25, 0.3) is 10.9 Å². The quantitative estimate of drug-likeness (QED) is 0.536. The van der Waals surface area contributed by atoms with Crippen LogP contribution in [0.3, 0.4) is 0 Å². The zero-order chi connectivity index (χ0) is 21.2. The van der Waals surface area contributed by atoms with Crippen LogP contribution in [0.15, 0.2) is 73.1 Å². The van der Waals surface area contributed by atoms with Gasteiger partial charge in [-0.3, -0.25) is 9.78 Å². The minimum absolute atomic E-state index is 0.0527. The third-order valence-electron chi connectivity index (χ3n) is 5.72. The van der Waals surface area contributed by atoms with Crippen molar-refractivity contribution in [3.63, 3.8) is 0 Å². The van der Waals surface area contributed by atoms with E-state index >= 15 is 0 Å². The van der Waals surface area contributed by atoms with E-state index in [-0.39, 0.29) is 5.91 Å². The topological polar surface area (TPSA) is 78.5 Å². The Morgan fingerprint density at radius 1 is 1.16 bits per heavy atom. The molecule has 31 heavy (non-hydrogen) atoms. The number of para-hydroxylation sites is 1. The Kier molecular flexibility index (Phi) is 5.14. The van der Waals surface area contributed by atoms with Crippen molar-refractivity contribution >= 4 is 16.8 Å². The predicted molar refractivity (Wildman–Crippen MR) is 118 cm³/mol. The normalized spacial score (nSPS) is 14.5. The monoisotopic (exact) mass is 413 g/mol. The Balaban J connectivity index is 1.37. The van der Waals surface area contributed by atoms with Gasteiger partial charge in [-0.25, -0.2) is 0 Å². The molecule has 0 fully saturated rings. The number of aromatic amines is 1. The molecule has 156 valence electrons. The van der Waals surface area contributed by atoms with E-state index in [4.69, 9.17) is 4.74 Å². The molecular weight excluding hydrogens is 390 g/mol. The van der Waals surface area contributed by atoms with Gasteiger partial charge in [0.1, 0.15) is 18.5 Å². The van der Waals surface area contributed by atoms with Crippen molar-refractivity contribution in [2.45, 2.75) is 19.1 Å². The first-order valence-corrected chi connectivity index (χ1v) is 10.4. The molecule has 0 radical (unpaired) electrons. The number of pyridine rings is 1. The van der Waals surface area contributed by atoms with E-state index in [2.05, 4.69) is 9.97 Å². The number of ether oxygens (including phenoxy) is 1. The second-order valence-electron chi connectivity index (χ2n) is 7.72. The fourth-order valence-electron chi connectivity index (χ4n) is 4.06. The summed E-state index contributed by atoms with van der Waals surface area (Å²) in [5, 5.41) is 11.8. The van der Waals surface area contributed by atoms with Crippen LogP contribution in [-0.4, -0.2) is 39.0 Å². The standard InChI is InChI=1S/C25H23N3O3/c29-24(14-18-15-27-21-6-2-1-5-20(18)21)28-11-12-31-23-9-8-17(13-19(23)16-28)25(30)22-7-3-4-10-26-22/h1-10,13,15,25,27,30H,11-12,14,16H2. The van der Waals surface area contributed by atoms with E-state index in [0.717, 1.165) is 33.3 Å². The van der Waals surface area contributed by atoms with Gasteiger partial charge in [0.25, 0.3) is 0 Å². The maximum Gasteiger partial charge on any atom is 0.227 e. The van der Waals surface area contributed by atoms with Gasteiger partial charge in [0.05, 0.1) is 18.7 Å². The maximum absolute atomic E-state index is 13.1. The van der Waals surface area contributed by atoms with Gasteiger partial charge >= 0.3 is 0 Å². The second kappa shape index (κ2) is 8.24. The van der Waals surface area contributed by atoms with Crippen LogP contribution in [0.2, 0.25) is 0 Å². The average molecular weight is 413 g/mol. The number of hydrogen-bond acceptors (Lipinski definition) is 4. The number of hydrogen-bond donors (Lipinski definition) is 2. The van der Waals surface area contributed by atoms with Crippen LogP contribution in [0.1, 0.15) is 28.5 Å². The van der Waals surface area contributed by atoms with Gasteiger partial charge in [0.2, 0.25) is 5.91 Å². The Morgan fingerprint density at radius 3 is 2.90 bits per heavy atom. The summed E-state index contributed by atoms with van der Waals surface area (Å²) in [6.07, 6.45) is 3.07. The molecule has 2 N–H and O–H groups in total. The van der Waals surface area contributed by atoms with E-state index in [1.807, 2.05) is 65.7 Å². The van der Waals surface area contributed by atoms with Gasteiger partial charge < -0.3 is 19.7 Å². The molecule has 1 atom stereocenters. The number of nitrogens with zero attached hydrogens (tertiary/aromatic N) is 2. The molecule has 0 saturated heterocycles. The molecule has 1 aliphatic heterocycles. The number of amides is 1. The first kappa shape index (κ1) is 19.3. The highest BCUT2D eigenvalue weighted by Crippen LogP contribution is 2.29. The van der Waals surface area contributed by atoms with Crippen LogP contribution in [0.4, 0.5) is 0 Å². The van der Waals surface area contributed by atoms with E-state index in [0.29, 0.717) is 31.8 Å². The first-order valence-electron chi connectivity index (χ1n) is 10.4. The van der Waals surface area contributed by atoms with Gasteiger partial charge in [-0.1, -0.05) is 30.3 Å². The number of aliphatic hydroxyl groups excluding tert-OH is 1. The van der Waals surface area contributed by atoms with Crippen molar-refractivity contribution in [2.24, 2.45) is 0 Å². The lowest BCUT2D eigenvalue weighted by atomic mass is 10.0. The third kappa shape index (κ3) is 3.90. The molecule has 1 aliphatic rings. The van der Waals surface area contributed by atoms with Gasteiger partial charge in [-0.2, -0.15) is 0 Å². The Hall–Kier alpha value is -3.64. The molecule has 2 aromatic heterocycles. The highest BCUT2D eigenvalue weighted by Gasteiger charge is 2.22. The van der Waals surface area contributed by atoms with E-state index in [9.17, 15) is 9.90 Å². The lowest BCUT2D eigenvalue weighted by Crippen LogP contribution is -2.33. The summed E-state index contributed by atoms with van der Waals surface area (Å²) in [4.78, 5) is 22.4. The lowest BCUT2D eigenvalue weighted by molar-refractivity contribution is -0.131. The molecule has 6 nitrogen and oxygen atoms in total. The molecule has 0 spiro atoms. The number of nitrogens with one attached hydrogen (secondary N) is 1. The number of aliphatic hydroxyl groups is 1. The largest absolute Gasteiger partial charge is 0.491 e. The van der Waals surface area contributed by atoms with Crippen LogP contribution in [-0.2, 0) is 17.8 Å². The summed E-state index contributed by atoms with van der Waals surface area (Å²) < 4.78 is 5.88. The van der Waals surface area contributed by atoms with Crippen LogP contribution < -0.4 is 4.74 Å². The zero-order valence-corrected chi connectivity index (χ0v) is 17.0. The molecule has 2 aromatic carbocycles. The zero-order valence-electron chi connectivity index (χ0n) is 17.0. The number of rotatable bonds is 4. The molecule has 5 rings (SSSR count). The van der Waals surface area contributed by atoms with E-state index in [1.165, 1.54) is 0 Å². The maximum atomic E-state index is 13.1. The van der Waals surface area contributed by atoms with Crippen LogP contribution in [0, 0.1) is 0 Å². The number of carbonyl (C=O) groups excluding carboxylic acids is 1. The van der Waals surface area contributed by atoms with E-state index in [1.54, 1.807) is 12.3 Å². The highest BCUT2D eigenvalue weighted by atomic mass is 16.5. The molecule has 3 heterocycles. The van der Waals surface area contributed by atoms with Crippen LogP contribution >= 0.6 is 0 Å². The van der Waals surface area contributed by atoms with Crippen molar-refractivity contribution in [1.82, 2.24) is 14.9 Å².